The van der Waals surface area contributed by atoms with E-state index in [0.29, 0.717) is 27.1 Å². The van der Waals surface area contributed by atoms with Crippen molar-refractivity contribution in [1.82, 2.24) is 4.98 Å². The molecule has 0 aliphatic carbocycles. The summed E-state index contributed by atoms with van der Waals surface area (Å²) in [5, 5.41) is 7.07. The summed E-state index contributed by atoms with van der Waals surface area (Å²) in [5.74, 6) is 0.161. The number of nitrogens with zero attached hydrogens (tertiary/aromatic N) is 1. The lowest BCUT2D eigenvalue weighted by molar-refractivity contribution is 0.102. The standard InChI is InChI=1S/C18H13Cl2N3O/c19-12-4-1-6-14(10-12)22-17-16(8-3-9-21-17)18(24)23-15-7-2-5-13(20)11-15/h1-11H,(H,21,22)(H,23,24). The van der Waals surface area contributed by atoms with Crippen molar-refractivity contribution >= 4 is 46.3 Å². The SMILES string of the molecule is O=C(Nc1cccc(Cl)c1)c1cccnc1Nc1cccc(Cl)c1. The summed E-state index contributed by atoms with van der Waals surface area (Å²) >= 11 is 11.9. The minimum Gasteiger partial charge on any atom is -0.340 e. The van der Waals surface area contributed by atoms with Crippen LogP contribution in [0.3, 0.4) is 0 Å². The average Bonchev–Trinajstić information content (AvgIpc) is 2.55. The van der Waals surface area contributed by atoms with Crippen molar-refractivity contribution in [1.29, 1.82) is 0 Å². The maximum absolute atomic E-state index is 12.5. The Balaban J connectivity index is 1.84. The Labute approximate surface area is 149 Å². The van der Waals surface area contributed by atoms with Crippen molar-refractivity contribution in [3.63, 3.8) is 0 Å². The van der Waals surface area contributed by atoms with Gasteiger partial charge in [0.05, 0.1) is 5.56 Å². The molecule has 2 aromatic carbocycles. The maximum atomic E-state index is 12.5. The smallest absolute Gasteiger partial charge is 0.259 e. The highest BCUT2D eigenvalue weighted by Gasteiger charge is 2.13. The molecule has 0 fully saturated rings. The number of hydrogen-bond acceptors (Lipinski definition) is 3. The van der Waals surface area contributed by atoms with E-state index in [1.54, 1.807) is 54.7 Å². The molecule has 0 aliphatic rings. The van der Waals surface area contributed by atoms with Crippen molar-refractivity contribution in [3.8, 4) is 0 Å². The highest BCUT2D eigenvalue weighted by Crippen LogP contribution is 2.22. The van der Waals surface area contributed by atoms with Gasteiger partial charge in [-0.1, -0.05) is 35.3 Å². The van der Waals surface area contributed by atoms with Gasteiger partial charge in [0, 0.05) is 27.6 Å². The lowest BCUT2D eigenvalue weighted by Crippen LogP contribution is -2.14. The Morgan fingerprint density at radius 2 is 1.54 bits per heavy atom. The van der Waals surface area contributed by atoms with Gasteiger partial charge in [0.1, 0.15) is 5.82 Å². The minimum absolute atomic E-state index is 0.283. The number of hydrogen-bond donors (Lipinski definition) is 2. The van der Waals surface area contributed by atoms with Crippen LogP contribution in [0.1, 0.15) is 10.4 Å². The first kappa shape index (κ1) is 16.3. The van der Waals surface area contributed by atoms with Crippen LogP contribution in [0.4, 0.5) is 17.2 Å². The Hall–Kier alpha value is -2.56. The number of nitrogens with one attached hydrogen (secondary N) is 2. The molecule has 1 amide bonds. The molecule has 2 N–H and O–H groups in total. The van der Waals surface area contributed by atoms with Gasteiger partial charge >= 0.3 is 0 Å². The van der Waals surface area contributed by atoms with Crippen molar-refractivity contribution in [2.45, 2.75) is 0 Å². The van der Waals surface area contributed by atoms with Gasteiger partial charge < -0.3 is 10.6 Å². The largest absolute Gasteiger partial charge is 0.340 e. The summed E-state index contributed by atoms with van der Waals surface area (Å²) in [6.07, 6.45) is 1.61. The fourth-order valence-electron chi connectivity index (χ4n) is 2.16. The summed E-state index contributed by atoms with van der Waals surface area (Å²) in [6.45, 7) is 0. The summed E-state index contributed by atoms with van der Waals surface area (Å²) in [4.78, 5) is 16.8. The third kappa shape index (κ3) is 4.04. The van der Waals surface area contributed by atoms with E-state index >= 15 is 0 Å². The molecule has 6 heteroatoms. The predicted octanol–water partition coefficient (Wildman–Crippen LogP) is 5.38. The molecule has 0 spiro atoms. The molecule has 0 bridgehead atoms. The highest BCUT2D eigenvalue weighted by atomic mass is 35.5. The van der Waals surface area contributed by atoms with Gasteiger partial charge in [-0.2, -0.15) is 0 Å². The molecule has 1 heterocycles. The van der Waals surface area contributed by atoms with E-state index in [9.17, 15) is 4.79 Å². The van der Waals surface area contributed by atoms with Crippen LogP contribution in [0, 0.1) is 0 Å². The zero-order valence-electron chi connectivity index (χ0n) is 12.5. The number of benzene rings is 2. The number of anilines is 3. The van der Waals surface area contributed by atoms with E-state index in [4.69, 9.17) is 23.2 Å². The summed E-state index contributed by atoms with van der Waals surface area (Å²) in [7, 11) is 0. The van der Waals surface area contributed by atoms with Gasteiger partial charge in [0.25, 0.3) is 5.91 Å². The van der Waals surface area contributed by atoms with Gasteiger partial charge in [-0.05, 0) is 48.5 Å². The second-order valence-corrected chi connectivity index (χ2v) is 5.87. The molecule has 0 atom stereocenters. The van der Waals surface area contributed by atoms with Crippen molar-refractivity contribution < 1.29 is 4.79 Å². The molecule has 0 aliphatic heterocycles. The maximum Gasteiger partial charge on any atom is 0.259 e. The molecule has 1 aromatic heterocycles. The van der Waals surface area contributed by atoms with Gasteiger partial charge in [-0.15, -0.1) is 0 Å². The van der Waals surface area contributed by atoms with Crippen LogP contribution < -0.4 is 10.6 Å². The number of aromatic nitrogens is 1. The highest BCUT2D eigenvalue weighted by molar-refractivity contribution is 6.31. The normalized spacial score (nSPS) is 10.2. The molecule has 3 rings (SSSR count). The third-order valence-electron chi connectivity index (χ3n) is 3.22. The first-order valence-corrected chi connectivity index (χ1v) is 7.92. The van der Waals surface area contributed by atoms with Crippen LogP contribution >= 0.6 is 23.2 Å². The van der Waals surface area contributed by atoms with Gasteiger partial charge in [0.2, 0.25) is 0 Å². The molecule has 0 unspecified atom stereocenters. The fraction of sp³-hybridized carbons (Fsp3) is 0. The Morgan fingerprint density at radius 1 is 0.875 bits per heavy atom. The van der Waals surface area contributed by atoms with E-state index in [0.717, 1.165) is 5.69 Å². The van der Waals surface area contributed by atoms with Crippen molar-refractivity contribution in [2.24, 2.45) is 0 Å². The van der Waals surface area contributed by atoms with Gasteiger partial charge in [-0.3, -0.25) is 4.79 Å². The third-order valence-corrected chi connectivity index (χ3v) is 3.69. The number of halogens is 2. The van der Waals surface area contributed by atoms with Crippen LogP contribution in [0.5, 0.6) is 0 Å². The van der Waals surface area contributed by atoms with E-state index in [1.165, 1.54) is 0 Å². The van der Waals surface area contributed by atoms with E-state index < -0.39 is 0 Å². The van der Waals surface area contributed by atoms with E-state index in [2.05, 4.69) is 15.6 Å². The Kier molecular flexibility index (Phi) is 4.99. The zero-order valence-corrected chi connectivity index (χ0v) is 14.0. The minimum atomic E-state index is -0.283. The quantitative estimate of drug-likeness (QED) is 0.658. The molecular weight excluding hydrogens is 345 g/mol. The molecule has 0 saturated heterocycles. The first-order valence-electron chi connectivity index (χ1n) is 7.16. The number of carbonyl (C=O) groups is 1. The van der Waals surface area contributed by atoms with Crippen LogP contribution in [0.15, 0.2) is 66.9 Å². The van der Waals surface area contributed by atoms with Crippen molar-refractivity contribution in [2.75, 3.05) is 10.6 Å². The van der Waals surface area contributed by atoms with Crippen LogP contribution in [-0.2, 0) is 0 Å². The summed E-state index contributed by atoms with van der Waals surface area (Å²) in [6, 6.07) is 17.6. The lowest BCUT2D eigenvalue weighted by Gasteiger charge is -2.11. The molecule has 4 nitrogen and oxygen atoms in total. The Bertz CT molecular complexity index is 883. The predicted molar refractivity (Wildman–Crippen MR) is 98.4 cm³/mol. The number of carbonyl (C=O) groups excluding carboxylic acids is 1. The second kappa shape index (κ2) is 7.34. The summed E-state index contributed by atoms with van der Waals surface area (Å²) in [5.41, 5.74) is 1.78. The van der Waals surface area contributed by atoms with Gasteiger partial charge in [-0.25, -0.2) is 4.98 Å². The zero-order chi connectivity index (χ0) is 16.9. The monoisotopic (exact) mass is 357 g/mol. The molecule has 0 saturated carbocycles. The molecule has 120 valence electrons. The molecule has 0 radical (unpaired) electrons. The number of rotatable bonds is 4. The van der Waals surface area contributed by atoms with Crippen LogP contribution in [0.2, 0.25) is 10.0 Å². The first-order chi connectivity index (χ1) is 11.6. The Morgan fingerprint density at radius 3 is 2.25 bits per heavy atom. The van der Waals surface area contributed by atoms with E-state index in [-0.39, 0.29) is 5.91 Å². The molecule has 24 heavy (non-hydrogen) atoms. The molecular formula is C18H13Cl2N3O. The fourth-order valence-corrected chi connectivity index (χ4v) is 2.54. The average molecular weight is 358 g/mol. The lowest BCUT2D eigenvalue weighted by atomic mass is 10.2. The molecule has 3 aromatic rings. The second-order valence-electron chi connectivity index (χ2n) is 5.00. The van der Waals surface area contributed by atoms with Gasteiger partial charge in [0.15, 0.2) is 0 Å². The van der Waals surface area contributed by atoms with Crippen LogP contribution in [0.25, 0.3) is 0 Å². The number of amides is 1. The van der Waals surface area contributed by atoms with Crippen molar-refractivity contribution in [3.05, 3.63) is 82.5 Å². The van der Waals surface area contributed by atoms with E-state index in [1.807, 2.05) is 12.1 Å². The topological polar surface area (TPSA) is 54.0 Å². The summed E-state index contributed by atoms with van der Waals surface area (Å²) < 4.78 is 0. The van der Waals surface area contributed by atoms with Crippen LogP contribution in [-0.4, -0.2) is 10.9 Å². The number of pyridine rings is 1.